The Labute approximate surface area is 122 Å². The quantitative estimate of drug-likeness (QED) is 0.835. The molecule has 1 heterocycles. The lowest BCUT2D eigenvalue weighted by molar-refractivity contribution is 0.444. The van der Waals surface area contributed by atoms with E-state index in [-0.39, 0.29) is 9.37 Å². The van der Waals surface area contributed by atoms with Crippen molar-refractivity contribution in [3.8, 4) is 0 Å². The Morgan fingerprint density at radius 1 is 1.47 bits per heavy atom. The van der Waals surface area contributed by atoms with Crippen molar-refractivity contribution in [2.45, 2.75) is 31.1 Å². The average Bonchev–Trinajstić information content (AvgIpc) is 2.82. The minimum atomic E-state index is -3.56. The molecule has 1 aliphatic rings. The average molecular weight is 350 g/mol. The highest BCUT2D eigenvalue weighted by atomic mass is 79.9. The van der Waals surface area contributed by atoms with Gasteiger partial charge in [-0.05, 0) is 52.9 Å². The van der Waals surface area contributed by atoms with Gasteiger partial charge >= 0.3 is 0 Å². The van der Waals surface area contributed by atoms with Crippen LogP contribution in [0.3, 0.4) is 0 Å². The minimum Gasteiger partial charge on any atom is -0.207 e. The maximum Gasteiger partial charge on any atom is 0.243 e. The number of rotatable bonds is 4. The van der Waals surface area contributed by atoms with Crippen molar-refractivity contribution in [1.29, 1.82) is 0 Å². The molecule has 3 nitrogen and oxygen atoms in total. The van der Waals surface area contributed by atoms with E-state index in [4.69, 9.17) is 0 Å². The molecule has 1 fully saturated rings. The van der Waals surface area contributed by atoms with Crippen LogP contribution in [0.5, 0.6) is 0 Å². The zero-order valence-electron chi connectivity index (χ0n) is 10.8. The fourth-order valence-electron chi connectivity index (χ4n) is 2.45. The van der Waals surface area contributed by atoms with Crippen LogP contribution in [0, 0.1) is 11.7 Å². The molecular formula is C13H17BrFNO2S. The maximum absolute atomic E-state index is 13.5. The lowest BCUT2D eigenvalue weighted by Gasteiger charge is -2.16. The molecule has 6 heteroatoms. The zero-order chi connectivity index (χ0) is 14.0. The van der Waals surface area contributed by atoms with E-state index in [0.29, 0.717) is 19.0 Å². The summed E-state index contributed by atoms with van der Waals surface area (Å²) in [6, 6.07) is 3.95. The van der Waals surface area contributed by atoms with E-state index in [1.54, 1.807) is 0 Å². The van der Waals surface area contributed by atoms with E-state index < -0.39 is 15.8 Å². The van der Waals surface area contributed by atoms with Crippen LogP contribution in [0.25, 0.3) is 0 Å². The molecule has 0 amide bonds. The van der Waals surface area contributed by atoms with Gasteiger partial charge in [0.1, 0.15) is 5.82 Å². The Hall–Kier alpha value is -0.460. The van der Waals surface area contributed by atoms with Crippen LogP contribution in [0.15, 0.2) is 27.6 Å². The molecule has 1 saturated heterocycles. The molecule has 2 rings (SSSR count). The third kappa shape index (κ3) is 3.17. The fourth-order valence-corrected chi connectivity index (χ4v) is 4.24. The van der Waals surface area contributed by atoms with Crippen LogP contribution in [0.1, 0.15) is 26.2 Å². The molecule has 1 aromatic carbocycles. The van der Waals surface area contributed by atoms with Gasteiger partial charge in [0.2, 0.25) is 10.0 Å². The first kappa shape index (κ1) is 14.9. The summed E-state index contributed by atoms with van der Waals surface area (Å²) >= 11 is 3.03. The van der Waals surface area contributed by atoms with Crippen LogP contribution < -0.4 is 0 Å². The zero-order valence-corrected chi connectivity index (χ0v) is 13.2. The Bertz CT molecular complexity index is 562. The highest BCUT2D eigenvalue weighted by Crippen LogP contribution is 2.28. The van der Waals surface area contributed by atoms with E-state index in [1.165, 1.54) is 16.4 Å². The predicted octanol–water partition coefficient (Wildman–Crippen LogP) is 3.40. The van der Waals surface area contributed by atoms with Crippen LogP contribution >= 0.6 is 15.9 Å². The Morgan fingerprint density at radius 2 is 2.21 bits per heavy atom. The summed E-state index contributed by atoms with van der Waals surface area (Å²) in [5.41, 5.74) is 0. The number of hydrogen-bond acceptors (Lipinski definition) is 2. The van der Waals surface area contributed by atoms with Crippen molar-refractivity contribution in [1.82, 2.24) is 4.31 Å². The standard InChI is InChI=1S/C13H17BrFNO2S/c1-2-3-10-6-7-16(9-10)19(17,18)11-4-5-12(14)13(15)8-11/h4-5,8,10H,2-3,6-7,9H2,1H3. The van der Waals surface area contributed by atoms with Crippen molar-refractivity contribution in [3.05, 3.63) is 28.5 Å². The summed E-state index contributed by atoms with van der Waals surface area (Å²) in [7, 11) is -3.56. The monoisotopic (exact) mass is 349 g/mol. The third-order valence-corrected chi connectivity index (χ3v) is 5.98. The molecule has 0 N–H and O–H groups in total. The van der Waals surface area contributed by atoms with Gasteiger partial charge in [0.15, 0.2) is 0 Å². The number of benzene rings is 1. The SMILES string of the molecule is CCCC1CCN(S(=O)(=O)c2ccc(Br)c(F)c2)C1. The Morgan fingerprint density at radius 3 is 2.84 bits per heavy atom. The minimum absolute atomic E-state index is 0.0327. The van der Waals surface area contributed by atoms with Gasteiger partial charge in [-0.2, -0.15) is 4.31 Å². The smallest absolute Gasteiger partial charge is 0.207 e. The van der Waals surface area contributed by atoms with Crippen LogP contribution in [0.2, 0.25) is 0 Å². The molecule has 1 atom stereocenters. The van der Waals surface area contributed by atoms with Gasteiger partial charge in [0.05, 0.1) is 9.37 Å². The third-order valence-electron chi connectivity index (χ3n) is 3.47. The van der Waals surface area contributed by atoms with Gasteiger partial charge in [-0.25, -0.2) is 12.8 Å². The molecule has 0 spiro atoms. The van der Waals surface area contributed by atoms with E-state index in [1.807, 2.05) is 0 Å². The van der Waals surface area contributed by atoms with Crippen molar-refractivity contribution < 1.29 is 12.8 Å². The Balaban J connectivity index is 2.21. The maximum atomic E-state index is 13.5. The normalized spacial score (nSPS) is 20.9. The first-order valence-corrected chi connectivity index (χ1v) is 8.63. The van der Waals surface area contributed by atoms with Gasteiger partial charge in [-0.3, -0.25) is 0 Å². The highest BCUT2D eigenvalue weighted by molar-refractivity contribution is 9.10. The van der Waals surface area contributed by atoms with Gasteiger partial charge < -0.3 is 0 Å². The molecule has 0 saturated carbocycles. The van der Waals surface area contributed by atoms with Crippen LogP contribution in [-0.4, -0.2) is 25.8 Å². The molecule has 1 aromatic rings. The summed E-state index contributed by atoms with van der Waals surface area (Å²) in [5, 5.41) is 0. The molecule has 106 valence electrons. The van der Waals surface area contributed by atoms with E-state index in [2.05, 4.69) is 22.9 Å². The molecule has 19 heavy (non-hydrogen) atoms. The molecule has 1 aliphatic heterocycles. The molecule has 1 unspecified atom stereocenters. The van der Waals surface area contributed by atoms with Gasteiger partial charge in [-0.1, -0.05) is 13.3 Å². The van der Waals surface area contributed by atoms with Gasteiger partial charge in [-0.15, -0.1) is 0 Å². The topological polar surface area (TPSA) is 37.4 Å². The first-order valence-electron chi connectivity index (χ1n) is 6.40. The Kier molecular flexibility index (Phi) is 4.63. The fraction of sp³-hybridized carbons (Fsp3) is 0.538. The molecule has 0 bridgehead atoms. The van der Waals surface area contributed by atoms with Crippen molar-refractivity contribution in [2.75, 3.05) is 13.1 Å². The summed E-state index contributed by atoms with van der Waals surface area (Å²) < 4.78 is 40.0. The number of nitrogens with zero attached hydrogens (tertiary/aromatic N) is 1. The number of hydrogen-bond donors (Lipinski definition) is 0. The van der Waals surface area contributed by atoms with Gasteiger partial charge in [0, 0.05) is 13.1 Å². The van der Waals surface area contributed by atoms with Crippen LogP contribution in [0.4, 0.5) is 4.39 Å². The second kappa shape index (κ2) is 5.89. The lowest BCUT2D eigenvalue weighted by Crippen LogP contribution is -2.29. The highest BCUT2D eigenvalue weighted by Gasteiger charge is 2.32. The molecule has 0 aliphatic carbocycles. The summed E-state index contributed by atoms with van der Waals surface area (Å²) in [6.07, 6.45) is 3.00. The summed E-state index contributed by atoms with van der Waals surface area (Å²) in [4.78, 5) is 0.0327. The first-order chi connectivity index (χ1) is 8.95. The largest absolute Gasteiger partial charge is 0.243 e. The lowest BCUT2D eigenvalue weighted by atomic mass is 10.0. The molecule has 0 radical (unpaired) electrons. The summed E-state index contributed by atoms with van der Waals surface area (Å²) in [5.74, 6) is -0.120. The summed E-state index contributed by atoms with van der Waals surface area (Å²) in [6.45, 7) is 3.18. The number of sulfonamides is 1. The number of halogens is 2. The predicted molar refractivity (Wildman–Crippen MR) is 75.9 cm³/mol. The van der Waals surface area contributed by atoms with E-state index >= 15 is 0 Å². The second-order valence-electron chi connectivity index (χ2n) is 4.88. The van der Waals surface area contributed by atoms with E-state index in [9.17, 15) is 12.8 Å². The molecular weight excluding hydrogens is 333 g/mol. The van der Waals surface area contributed by atoms with E-state index in [0.717, 1.165) is 25.3 Å². The molecule has 0 aromatic heterocycles. The van der Waals surface area contributed by atoms with Crippen LogP contribution in [-0.2, 0) is 10.0 Å². The second-order valence-corrected chi connectivity index (χ2v) is 7.67. The van der Waals surface area contributed by atoms with Crippen molar-refractivity contribution in [3.63, 3.8) is 0 Å². The van der Waals surface area contributed by atoms with Crippen molar-refractivity contribution >= 4 is 26.0 Å². The van der Waals surface area contributed by atoms with Crippen molar-refractivity contribution in [2.24, 2.45) is 5.92 Å². The van der Waals surface area contributed by atoms with Gasteiger partial charge in [0.25, 0.3) is 0 Å².